The van der Waals surface area contributed by atoms with Crippen LogP contribution in [0.5, 0.6) is 0 Å². The largest absolute Gasteiger partial charge is 0.350 e. The van der Waals surface area contributed by atoms with Gasteiger partial charge in [0.15, 0.2) is 15.6 Å². The summed E-state index contributed by atoms with van der Waals surface area (Å²) in [7, 11) is -3.31. The van der Waals surface area contributed by atoms with Crippen LogP contribution in [0.15, 0.2) is 47.5 Å². The van der Waals surface area contributed by atoms with Gasteiger partial charge in [-0.2, -0.15) is 0 Å². The number of Topliss-reactive ketones (excluding diaryl/α,β-unsaturated/α-hetero) is 1. The number of rotatable bonds is 6. The number of carbonyl (C=O) groups is 2. The van der Waals surface area contributed by atoms with E-state index in [1.165, 1.54) is 19.2 Å². The lowest BCUT2D eigenvalue weighted by Crippen LogP contribution is -2.27. The molecule has 1 N–H and O–H groups in total. The van der Waals surface area contributed by atoms with Crippen molar-refractivity contribution in [1.82, 2.24) is 10.3 Å². The van der Waals surface area contributed by atoms with Crippen LogP contribution in [0.4, 0.5) is 0 Å². The van der Waals surface area contributed by atoms with Gasteiger partial charge >= 0.3 is 0 Å². The van der Waals surface area contributed by atoms with Gasteiger partial charge in [-0.15, -0.1) is 0 Å². The Morgan fingerprint density at radius 3 is 2.42 bits per heavy atom. The summed E-state index contributed by atoms with van der Waals surface area (Å²) in [5, 5.41) is 2.69. The number of hydrogen-bond donors (Lipinski definition) is 1. The molecule has 0 fully saturated rings. The average Bonchev–Trinajstić information content (AvgIpc) is 2.54. The molecule has 1 amide bonds. The monoisotopic (exact) mass is 346 g/mol. The van der Waals surface area contributed by atoms with Crippen molar-refractivity contribution in [3.05, 3.63) is 59.4 Å². The highest BCUT2D eigenvalue weighted by Crippen LogP contribution is 2.15. The molecule has 0 bridgehead atoms. The van der Waals surface area contributed by atoms with Crippen molar-refractivity contribution in [2.75, 3.05) is 12.8 Å². The lowest BCUT2D eigenvalue weighted by Gasteiger charge is -2.09. The Kier molecular flexibility index (Phi) is 5.46. The molecule has 0 aliphatic carbocycles. The van der Waals surface area contributed by atoms with Gasteiger partial charge in [0.1, 0.15) is 5.69 Å². The van der Waals surface area contributed by atoms with Crippen molar-refractivity contribution >= 4 is 21.5 Å². The van der Waals surface area contributed by atoms with Gasteiger partial charge in [0.25, 0.3) is 5.91 Å². The number of nitrogens with one attached hydrogen (secondary N) is 1. The molecule has 0 atom stereocenters. The Morgan fingerprint density at radius 2 is 1.83 bits per heavy atom. The molecule has 0 unspecified atom stereocenters. The highest BCUT2D eigenvalue weighted by Gasteiger charge is 2.13. The molecule has 2 aromatic rings. The summed E-state index contributed by atoms with van der Waals surface area (Å²) in [6.07, 6.45) is 2.90. The summed E-state index contributed by atoms with van der Waals surface area (Å²) in [4.78, 5) is 27.4. The van der Waals surface area contributed by atoms with Crippen LogP contribution in [0, 0.1) is 0 Å². The van der Waals surface area contributed by atoms with Crippen molar-refractivity contribution in [3.8, 4) is 0 Å². The van der Waals surface area contributed by atoms with E-state index in [0.717, 1.165) is 6.26 Å². The van der Waals surface area contributed by atoms with E-state index in [2.05, 4.69) is 10.3 Å². The van der Waals surface area contributed by atoms with E-state index >= 15 is 0 Å². The molecule has 2 rings (SSSR count). The Hall–Kier alpha value is -2.54. The summed E-state index contributed by atoms with van der Waals surface area (Å²) in [6.45, 7) is 1.71. The molecule has 0 aliphatic rings. The third kappa shape index (κ3) is 4.48. The lowest BCUT2D eigenvalue weighted by molar-refractivity contribution is 0.0946. The Bertz CT molecular complexity index is 858. The molecule has 0 saturated heterocycles. The number of aromatic nitrogens is 1. The first-order valence-corrected chi connectivity index (χ1v) is 9.21. The summed E-state index contributed by atoms with van der Waals surface area (Å²) in [5.41, 5.74) is 1.30. The Labute approximate surface area is 140 Å². The molecular formula is C17H18N2O4S. The molecule has 0 saturated carbocycles. The minimum absolute atomic E-state index is 0.119. The number of carbonyl (C=O) groups excluding carboxylic acids is 2. The Balaban J connectivity index is 2.00. The van der Waals surface area contributed by atoms with Crippen LogP contribution in [0.1, 0.15) is 33.3 Å². The third-order valence-corrected chi connectivity index (χ3v) is 4.65. The molecule has 1 aromatic carbocycles. The second-order valence-corrected chi connectivity index (χ2v) is 7.36. The van der Waals surface area contributed by atoms with E-state index in [1.54, 1.807) is 30.3 Å². The fourth-order valence-corrected chi connectivity index (χ4v) is 3.18. The molecule has 1 aromatic heterocycles. The molecule has 0 spiro atoms. The number of ketones is 1. The van der Waals surface area contributed by atoms with Crippen molar-refractivity contribution in [2.24, 2.45) is 0 Å². The Morgan fingerprint density at radius 1 is 1.12 bits per heavy atom. The van der Waals surface area contributed by atoms with Crippen LogP contribution in [-0.2, 0) is 16.3 Å². The zero-order valence-corrected chi connectivity index (χ0v) is 14.3. The number of benzene rings is 1. The van der Waals surface area contributed by atoms with Crippen LogP contribution < -0.4 is 5.32 Å². The van der Waals surface area contributed by atoms with E-state index in [-0.39, 0.29) is 28.8 Å². The van der Waals surface area contributed by atoms with Crippen molar-refractivity contribution in [2.45, 2.75) is 18.2 Å². The zero-order valence-electron chi connectivity index (χ0n) is 13.4. The van der Waals surface area contributed by atoms with Gasteiger partial charge in [0.2, 0.25) is 0 Å². The average molecular weight is 346 g/mol. The number of sulfone groups is 1. The van der Waals surface area contributed by atoms with Crippen LogP contribution in [0.2, 0.25) is 0 Å². The summed E-state index contributed by atoms with van der Waals surface area (Å²) < 4.78 is 23.5. The predicted molar refractivity (Wildman–Crippen MR) is 89.8 cm³/mol. The maximum atomic E-state index is 12.0. The fraction of sp³-hybridized carbons (Fsp3) is 0.235. The first-order valence-electron chi connectivity index (χ1n) is 7.32. The topological polar surface area (TPSA) is 93.2 Å². The lowest BCUT2D eigenvalue weighted by atomic mass is 10.1. The molecule has 0 aliphatic heterocycles. The maximum absolute atomic E-state index is 12.0. The number of amides is 1. The van der Waals surface area contributed by atoms with Gasteiger partial charge in [-0.05, 0) is 37.1 Å². The van der Waals surface area contributed by atoms with Gasteiger partial charge in [-0.3, -0.25) is 14.6 Å². The van der Waals surface area contributed by atoms with Gasteiger partial charge in [0, 0.05) is 24.6 Å². The van der Waals surface area contributed by atoms with E-state index < -0.39 is 9.84 Å². The quantitative estimate of drug-likeness (QED) is 0.803. The molecule has 1 heterocycles. The molecule has 24 heavy (non-hydrogen) atoms. The van der Waals surface area contributed by atoms with Gasteiger partial charge < -0.3 is 5.32 Å². The van der Waals surface area contributed by atoms with Crippen molar-refractivity contribution < 1.29 is 18.0 Å². The summed E-state index contributed by atoms with van der Waals surface area (Å²) in [5.74, 6) is -0.492. The van der Waals surface area contributed by atoms with Crippen LogP contribution >= 0.6 is 0 Å². The molecule has 0 radical (unpaired) electrons. The molecule has 126 valence electrons. The summed E-state index contributed by atoms with van der Waals surface area (Å²) >= 11 is 0. The number of hydrogen-bond acceptors (Lipinski definition) is 5. The number of pyridine rings is 1. The molecular weight excluding hydrogens is 328 g/mol. The highest BCUT2D eigenvalue weighted by atomic mass is 32.2. The van der Waals surface area contributed by atoms with E-state index in [0.29, 0.717) is 17.5 Å². The second kappa shape index (κ2) is 7.35. The van der Waals surface area contributed by atoms with E-state index in [1.807, 2.05) is 0 Å². The van der Waals surface area contributed by atoms with Crippen molar-refractivity contribution in [3.63, 3.8) is 0 Å². The van der Waals surface area contributed by atoms with Gasteiger partial charge in [-0.1, -0.05) is 18.2 Å². The smallest absolute Gasteiger partial charge is 0.269 e. The standard InChI is InChI=1S/C17H18N2O4S/c1-12(20)14-7-8-15(19-11-14)17(21)18-10-9-13-5-3-4-6-16(13)24(2,22)23/h3-8,11H,9-10H2,1-2H3,(H,18,21). The molecule has 7 heteroatoms. The van der Waals surface area contributed by atoms with Crippen LogP contribution in [-0.4, -0.2) is 37.9 Å². The van der Waals surface area contributed by atoms with Gasteiger partial charge in [-0.25, -0.2) is 8.42 Å². The second-order valence-electron chi connectivity index (χ2n) is 5.37. The first kappa shape index (κ1) is 17.8. The highest BCUT2D eigenvalue weighted by molar-refractivity contribution is 7.90. The molecule has 6 nitrogen and oxygen atoms in total. The maximum Gasteiger partial charge on any atom is 0.269 e. The van der Waals surface area contributed by atoms with E-state index in [9.17, 15) is 18.0 Å². The normalized spacial score (nSPS) is 11.1. The van der Waals surface area contributed by atoms with Gasteiger partial charge in [0.05, 0.1) is 4.90 Å². The van der Waals surface area contributed by atoms with Crippen LogP contribution in [0.3, 0.4) is 0 Å². The van der Waals surface area contributed by atoms with Crippen LogP contribution in [0.25, 0.3) is 0 Å². The number of nitrogens with zero attached hydrogens (tertiary/aromatic N) is 1. The van der Waals surface area contributed by atoms with E-state index in [4.69, 9.17) is 0 Å². The minimum atomic E-state index is -3.31. The SMILES string of the molecule is CC(=O)c1ccc(C(=O)NCCc2ccccc2S(C)(=O)=O)nc1. The summed E-state index contributed by atoms with van der Waals surface area (Å²) in [6, 6.07) is 9.73. The minimum Gasteiger partial charge on any atom is -0.350 e. The van der Waals surface area contributed by atoms with Crippen molar-refractivity contribution in [1.29, 1.82) is 0 Å². The first-order chi connectivity index (χ1) is 11.3. The third-order valence-electron chi connectivity index (χ3n) is 3.45. The fourth-order valence-electron chi connectivity index (χ4n) is 2.21. The predicted octanol–water partition coefficient (Wildman–Crippen LogP) is 1.66. The zero-order chi connectivity index (χ0) is 17.7.